The Morgan fingerprint density at radius 3 is 2.16 bits per heavy atom. The Morgan fingerprint density at radius 1 is 0.889 bits per heavy atom. The van der Waals surface area contributed by atoms with Gasteiger partial charge in [-0.05, 0) is 76.9 Å². The zero-order valence-corrected chi connectivity index (χ0v) is 27.1. The number of hydrogen-bond acceptors (Lipinski definition) is 5. The first-order valence-electron chi connectivity index (χ1n) is 14.6. The van der Waals surface area contributed by atoms with Crippen molar-refractivity contribution in [3.8, 4) is 22.5 Å². The molecule has 2 atom stereocenters. The van der Waals surface area contributed by atoms with Crippen molar-refractivity contribution in [1.29, 1.82) is 0 Å². The van der Waals surface area contributed by atoms with Crippen molar-refractivity contribution in [1.82, 2.24) is 10.5 Å². The number of nitrogens with zero attached hydrogens (tertiary/aromatic N) is 1. The van der Waals surface area contributed by atoms with Crippen LogP contribution in [0.5, 0.6) is 0 Å². The molecule has 5 rings (SSSR count). The number of nitrogens with one attached hydrogen (secondary N) is 1. The summed E-state index contributed by atoms with van der Waals surface area (Å²) in [5.74, 6) is -0.0877. The molecule has 4 aromatic carbocycles. The summed E-state index contributed by atoms with van der Waals surface area (Å²) in [6.45, 7) is 7.74. The number of aromatic nitrogens is 1. The Kier molecular flexibility index (Phi) is 9.30. The summed E-state index contributed by atoms with van der Waals surface area (Å²) in [4.78, 5) is 12.5. The van der Waals surface area contributed by atoms with Gasteiger partial charge in [0.15, 0.2) is 11.1 Å². The summed E-state index contributed by atoms with van der Waals surface area (Å²) in [6, 6.07) is 33.2. The average molecular weight is 643 g/mol. The topological polar surface area (TPSA) is 110 Å². The molecular formula is C36H35ClN2O5S. The summed E-state index contributed by atoms with van der Waals surface area (Å²) in [7, 11) is -4.39. The van der Waals surface area contributed by atoms with Crippen molar-refractivity contribution in [2.75, 3.05) is 0 Å². The zero-order valence-electron chi connectivity index (χ0n) is 25.5. The predicted octanol–water partition coefficient (Wildman–Crippen LogP) is 8.30. The number of benzene rings is 4. The molecule has 232 valence electrons. The lowest BCUT2D eigenvalue weighted by molar-refractivity contribution is 0.0948. The van der Waals surface area contributed by atoms with Crippen molar-refractivity contribution in [2.45, 2.75) is 50.8 Å². The van der Waals surface area contributed by atoms with Crippen molar-refractivity contribution < 1.29 is 22.3 Å². The van der Waals surface area contributed by atoms with Gasteiger partial charge in [0.2, 0.25) is 0 Å². The van der Waals surface area contributed by atoms with Gasteiger partial charge in [-0.15, -0.1) is 0 Å². The molecule has 9 heteroatoms. The Morgan fingerprint density at radius 2 is 1.53 bits per heavy atom. The Bertz CT molecular complexity index is 1890. The Balaban J connectivity index is 1.44. The van der Waals surface area contributed by atoms with Crippen LogP contribution in [0.3, 0.4) is 0 Å². The molecule has 0 fully saturated rings. The molecule has 0 spiro atoms. The molecule has 7 nitrogen and oxygen atoms in total. The van der Waals surface area contributed by atoms with E-state index in [9.17, 15) is 17.8 Å². The number of hydrogen-bond donors (Lipinski definition) is 2. The molecule has 1 heterocycles. The highest BCUT2D eigenvalue weighted by Crippen LogP contribution is 2.34. The summed E-state index contributed by atoms with van der Waals surface area (Å²) in [5, 5.41) is 6.07. The minimum Gasteiger partial charge on any atom is -0.356 e. The number of rotatable bonds is 9. The van der Waals surface area contributed by atoms with Gasteiger partial charge in [-0.3, -0.25) is 9.35 Å². The maximum absolute atomic E-state index is 12.5. The highest BCUT2D eigenvalue weighted by atomic mass is 35.5. The van der Waals surface area contributed by atoms with Crippen LogP contribution < -0.4 is 5.32 Å². The van der Waals surface area contributed by atoms with Crippen LogP contribution in [0.4, 0.5) is 0 Å². The van der Waals surface area contributed by atoms with Gasteiger partial charge in [-0.25, -0.2) is 0 Å². The van der Waals surface area contributed by atoms with Crippen molar-refractivity contribution in [3.05, 3.63) is 136 Å². The lowest BCUT2D eigenvalue weighted by Crippen LogP contribution is -2.38. The lowest BCUT2D eigenvalue weighted by atomic mass is 9.83. The molecule has 0 aliphatic carbocycles. The molecule has 0 saturated heterocycles. The molecule has 0 radical (unpaired) electrons. The van der Waals surface area contributed by atoms with Crippen LogP contribution in [0.1, 0.15) is 66.4 Å². The normalized spacial score (nSPS) is 13.3. The fourth-order valence-electron chi connectivity index (χ4n) is 5.06. The fraction of sp³-hybridized carbons (Fsp3) is 0.222. The van der Waals surface area contributed by atoms with Gasteiger partial charge in [-0.2, -0.15) is 8.42 Å². The molecule has 2 N–H and O–H groups in total. The van der Waals surface area contributed by atoms with Crippen molar-refractivity contribution in [3.63, 3.8) is 0 Å². The molecule has 0 bridgehead atoms. The standard InChI is InChI=1S/C36H35ClN2O5S/c1-23(45(41,42)43)38-35(40)27-10-8-24(9-11-27)20-32(26-12-16-30(17-13-26)36(2,3)4)33-22-34(44-39-33)29-7-5-6-28(21-29)25-14-18-31(37)19-15-25/h5-19,21-23,32H,20H2,1-4H3,(H,38,40)(H,41,42,43). The molecule has 0 saturated carbocycles. The summed E-state index contributed by atoms with van der Waals surface area (Å²) >= 11 is 6.08. The van der Waals surface area contributed by atoms with Crippen molar-refractivity contribution >= 4 is 27.6 Å². The summed E-state index contributed by atoms with van der Waals surface area (Å²) in [5.41, 5.74) is 7.28. The van der Waals surface area contributed by atoms with Crippen LogP contribution in [0.25, 0.3) is 22.5 Å². The van der Waals surface area contributed by atoms with Crippen LogP contribution in [-0.4, -0.2) is 29.4 Å². The second-order valence-electron chi connectivity index (χ2n) is 12.2. The minimum atomic E-state index is -4.39. The first-order chi connectivity index (χ1) is 21.3. The van der Waals surface area contributed by atoms with Gasteiger partial charge in [-0.1, -0.05) is 104 Å². The SMILES string of the molecule is CC(NC(=O)c1ccc(CC(c2ccc(C(C)(C)C)cc2)c2cc(-c3cccc(-c4ccc(Cl)cc4)c3)on2)cc1)S(=O)(=O)O. The largest absolute Gasteiger partial charge is 0.356 e. The van der Waals surface area contributed by atoms with E-state index in [-0.39, 0.29) is 16.9 Å². The van der Waals surface area contributed by atoms with E-state index in [0.717, 1.165) is 33.5 Å². The fourth-order valence-corrected chi connectivity index (χ4v) is 5.44. The van der Waals surface area contributed by atoms with Gasteiger partial charge >= 0.3 is 0 Å². The van der Waals surface area contributed by atoms with Crippen LogP contribution in [0, 0.1) is 0 Å². The van der Waals surface area contributed by atoms with Gasteiger partial charge in [0, 0.05) is 28.1 Å². The second kappa shape index (κ2) is 13.0. The summed E-state index contributed by atoms with van der Waals surface area (Å²) in [6.07, 6.45) is 0.578. The molecule has 2 unspecified atom stereocenters. The maximum Gasteiger partial charge on any atom is 0.285 e. The third kappa shape index (κ3) is 7.89. The lowest BCUT2D eigenvalue weighted by Gasteiger charge is -2.21. The molecule has 0 aliphatic heterocycles. The van der Waals surface area contributed by atoms with E-state index < -0.39 is 21.4 Å². The van der Waals surface area contributed by atoms with Crippen molar-refractivity contribution in [2.24, 2.45) is 0 Å². The van der Waals surface area contributed by atoms with Gasteiger partial charge < -0.3 is 9.84 Å². The monoisotopic (exact) mass is 642 g/mol. The molecular weight excluding hydrogens is 608 g/mol. The van der Waals surface area contributed by atoms with E-state index >= 15 is 0 Å². The van der Waals surface area contributed by atoms with Crippen LogP contribution >= 0.6 is 11.6 Å². The van der Waals surface area contributed by atoms with E-state index in [1.54, 1.807) is 12.1 Å². The van der Waals surface area contributed by atoms with E-state index in [1.165, 1.54) is 12.5 Å². The van der Waals surface area contributed by atoms with Gasteiger partial charge in [0.25, 0.3) is 16.0 Å². The highest BCUT2D eigenvalue weighted by Gasteiger charge is 2.23. The maximum atomic E-state index is 12.5. The predicted molar refractivity (Wildman–Crippen MR) is 178 cm³/mol. The van der Waals surface area contributed by atoms with E-state index in [2.05, 4.69) is 61.6 Å². The number of carbonyl (C=O) groups excluding carboxylic acids is 1. The average Bonchev–Trinajstić information content (AvgIpc) is 3.50. The summed E-state index contributed by atoms with van der Waals surface area (Å²) < 4.78 is 37.7. The van der Waals surface area contributed by atoms with Crippen LogP contribution in [0.15, 0.2) is 108 Å². The third-order valence-electron chi connectivity index (χ3n) is 7.83. The second-order valence-corrected chi connectivity index (χ2v) is 14.3. The molecule has 5 aromatic rings. The first kappa shape index (κ1) is 32.2. The quantitative estimate of drug-likeness (QED) is 0.157. The minimum absolute atomic E-state index is 0.00739. The van der Waals surface area contributed by atoms with E-state index in [0.29, 0.717) is 17.2 Å². The molecule has 1 aromatic heterocycles. The first-order valence-corrected chi connectivity index (χ1v) is 16.5. The van der Waals surface area contributed by atoms with Crippen LogP contribution in [0.2, 0.25) is 5.02 Å². The number of amides is 1. The Labute approximate surface area is 269 Å². The Hall–Kier alpha value is -4.24. The van der Waals surface area contributed by atoms with Gasteiger partial charge in [0.05, 0.1) is 5.69 Å². The molecule has 45 heavy (non-hydrogen) atoms. The van der Waals surface area contributed by atoms with Gasteiger partial charge in [0.1, 0.15) is 0 Å². The number of halogens is 1. The zero-order chi connectivity index (χ0) is 32.4. The smallest absolute Gasteiger partial charge is 0.285 e. The molecule has 0 aliphatic rings. The highest BCUT2D eigenvalue weighted by molar-refractivity contribution is 7.86. The third-order valence-corrected chi connectivity index (χ3v) is 9.09. The molecule has 1 amide bonds. The van der Waals surface area contributed by atoms with E-state index in [1.807, 2.05) is 60.7 Å². The van der Waals surface area contributed by atoms with E-state index in [4.69, 9.17) is 16.1 Å². The number of carbonyl (C=O) groups is 1. The van der Waals surface area contributed by atoms with Crippen LogP contribution in [-0.2, 0) is 22.0 Å².